The molecule has 0 amide bonds. The lowest BCUT2D eigenvalue weighted by molar-refractivity contribution is 0.281. The number of nitrogens with one attached hydrogen (secondary N) is 1. The number of hydrogen-bond donors (Lipinski definition) is 1. The van der Waals surface area contributed by atoms with E-state index in [0.717, 1.165) is 18.2 Å². The van der Waals surface area contributed by atoms with Gasteiger partial charge in [0.15, 0.2) is 5.11 Å². The van der Waals surface area contributed by atoms with E-state index >= 15 is 0 Å². The van der Waals surface area contributed by atoms with Gasteiger partial charge in [-0.2, -0.15) is 0 Å². The van der Waals surface area contributed by atoms with E-state index in [4.69, 9.17) is 12.2 Å². The molecule has 2 aromatic rings. The maximum Gasteiger partial charge on any atom is 0.170 e. The Hall–Kier alpha value is -1.33. The fourth-order valence-corrected chi connectivity index (χ4v) is 5.06. The summed E-state index contributed by atoms with van der Waals surface area (Å²) in [5.74, 6) is 0. The zero-order valence-electron chi connectivity index (χ0n) is 13.3. The molecule has 3 heterocycles. The Balaban J connectivity index is 1.58. The Labute approximate surface area is 147 Å². The van der Waals surface area contributed by atoms with E-state index in [1.54, 1.807) is 0 Å². The summed E-state index contributed by atoms with van der Waals surface area (Å²) in [4.78, 5) is 3.77. The minimum absolute atomic E-state index is 0.252. The van der Waals surface area contributed by atoms with Gasteiger partial charge in [0.2, 0.25) is 0 Å². The predicted molar refractivity (Wildman–Crippen MR) is 99.9 cm³/mol. The lowest BCUT2D eigenvalue weighted by Crippen LogP contribution is -2.50. The van der Waals surface area contributed by atoms with E-state index in [0.29, 0.717) is 6.04 Å². The largest absolute Gasteiger partial charge is 0.360 e. The molecule has 1 N–H and O–H groups in total. The molecule has 4 rings (SSSR count). The minimum Gasteiger partial charge on any atom is -0.360 e. The number of thiocarbonyl (C=S) groups is 1. The van der Waals surface area contributed by atoms with Gasteiger partial charge in [0, 0.05) is 35.9 Å². The molecule has 1 fully saturated rings. The molecule has 0 saturated heterocycles. The van der Waals surface area contributed by atoms with Crippen molar-refractivity contribution in [2.75, 3.05) is 6.54 Å². The second-order valence-electron chi connectivity index (χ2n) is 6.52. The highest BCUT2D eigenvalue weighted by Gasteiger charge is 2.31. The molecule has 1 aliphatic carbocycles. The molecule has 0 spiro atoms. The van der Waals surface area contributed by atoms with Crippen LogP contribution in [0.15, 0.2) is 35.8 Å². The van der Waals surface area contributed by atoms with Crippen molar-refractivity contribution in [2.45, 2.75) is 50.7 Å². The summed E-state index contributed by atoms with van der Waals surface area (Å²) in [6.07, 6.45) is 8.74. The van der Waals surface area contributed by atoms with Gasteiger partial charge in [-0.05, 0) is 48.6 Å². The maximum atomic E-state index is 5.82. The first-order chi connectivity index (χ1) is 11.3. The van der Waals surface area contributed by atoms with Crippen molar-refractivity contribution in [3.8, 4) is 0 Å². The Kier molecular flexibility index (Phi) is 4.40. The molecular formula is C18H23N3S2. The van der Waals surface area contributed by atoms with Crippen LogP contribution in [-0.4, -0.2) is 27.2 Å². The van der Waals surface area contributed by atoms with Crippen LogP contribution in [0.4, 0.5) is 0 Å². The van der Waals surface area contributed by atoms with Gasteiger partial charge >= 0.3 is 0 Å². The summed E-state index contributed by atoms with van der Waals surface area (Å²) in [5.41, 5.74) is 1.35. The molecule has 1 aliphatic heterocycles. The molecule has 1 unspecified atom stereocenters. The van der Waals surface area contributed by atoms with Crippen molar-refractivity contribution in [1.82, 2.24) is 14.8 Å². The van der Waals surface area contributed by atoms with Crippen molar-refractivity contribution in [3.05, 3.63) is 46.4 Å². The average Bonchev–Trinajstić information content (AvgIpc) is 3.26. The van der Waals surface area contributed by atoms with E-state index in [1.165, 1.54) is 42.7 Å². The van der Waals surface area contributed by atoms with Crippen molar-refractivity contribution in [2.24, 2.45) is 0 Å². The molecule has 122 valence electrons. The van der Waals surface area contributed by atoms with Crippen molar-refractivity contribution >= 4 is 28.7 Å². The summed E-state index contributed by atoms with van der Waals surface area (Å²) >= 11 is 7.64. The number of rotatable bonds is 2. The van der Waals surface area contributed by atoms with Crippen molar-refractivity contribution in [3.63, 3.8) is 0 Å². The van der Waals surface area contributed by atoms with Gasteiger partial charge < -0.3 is 14.8 Å². The third-order valence-electron chi connectivity index (χ3n) is 5.04. The SMILES string of the molecule is S=C(NC1CCCCC1)N1CCn2cccc2C1c1cccs1. The van der Waals surface area contributed by atoms with Gasteiger partial charge in [-0.3, -0.25) is 0 Å². The summed E-state index contributed by atoms with van der Waals surface area (Å²) in [6, 6.07) is 9.57. The third kappa shape index (κ3) is 3.04. The van der Waals surface area contributed by atoms with Gasteiger partial charge in [0.1, 0.15) is 6.04 Å². The monoisotopic (exact) mass is 345 g/mol. The zero-order chi connectivity index (χ0) is 15.6. The summed E-state index contributed by atoms with van der Waals surface area (Å²) < 4.78 is 2.37. The molecule has 1 atom stereocenters. The summed E-state index contributed by atoms with van der Waals surface area (Å²) in [5, 5.41) is 6.75. The van der Waals surface area contributed by atoms with Crippen LogP contribution in [0.1, 0.15) is 48.7 Å². The zero-order valence-corrected chi connectivity index (χ0v) is 14.9. The van der Waals surface area contributed by atoms with Crippen molar-refractivity contribution in [1.29, 1.82) is 0 Å². The van der Waals surface area contributed by atoms with Crippen LogP contribution in [0.5, 0.6) is 0 Å². The van der Waals surface area contributed by atoms with Gasteiger partial charge in [-0.1, -0.05) is 25.3 Å². The topological polar surface area (TPSA) is 20.2 Å². The summed E-state index contributed by atoms with van der Waals surface area (Å²) in [6.45, 7) is 1.99. The second kappa shape index (κ2) is 6.65. The molecule has 3 nitrogen and oxygen atoms in total. The van der Waals surface area contributed by atoms with Crippen LogP contribution in [-0.2, 0) is 6.54 Å². The Morgan fingerprint density at radius 1 is 1.13 bits per heavy atom. The lowest BCUT2D eigenvalue weighted by atomic mass is 9.96. The molecule has 5 heteroatoms. The highest BCUT2D eigenvalue weighted by Crippen LogP contribution is 2.35. The molecular weight excluding hydrogens is 322 g/mol. The van der Waals surface area contributed by atoms with E-state index in [9.17, 15) is 0 Å². The van der Waals surface area contributed by atoms with Crippen LogP contribution in [0.3, 0.4) is 0 Å². The van der Waals surface area contributed by atoms with Crippen LogP contribution >= 0.6 is 23.6 Å². The van der Waals surface area contributed by atoms with E-state index in [2.05, 4.69) is 50.6 Å². The maximum absolute atomic E-state index is 5.82. The number of thiophene rings is 1. The number of fused-ring (bicyclic) bond motifs is 1. The van der Waals surface area contributed by atoms with Gasteiger partial charge in [0.25, 0.3) is 0 Å². The van der Waals surface area contributed by atoms with Crippen LogP contribution in [0, 0.1) is 0 Å². The van der Waals surface area contributed by atoms with Gasteiger partial charge in [-0.25, -0.2) is 0 Å². The first-order valence-electron chi connectivity index (χ1n) is 8.58. The second-order valence-corrected chi connectivity index (χ2v) is 7.89. The molecule has 23 heavy (non-hydrogen) atoms. The first kappa shape index (κ1) is 15.2. The molecule has 0 radical (unpaired) electrons. The van der Waals surface area contributed by atoms with Crippen LogP contribution in [0.25, 0.3) is 0 Å². The van der Waals surface area contributed by atoms with E-state index < -0.39 is 0 Å². The number of aromatic nitrogens is 1. The Morgan fingerprint density at radius 2 is 2.00 bits per heavy atom. The first-order valence-corrected chi connectivity index (χ1v) is 9.87. The standard InChI is InChI=1S/C18H23N3S2/c22-18(19-14-6-2-1-3-7-14)21-12-11-20-10-4-8-15(20)17(21)16-9-5-13-23-16/h4-5,8-10,13-14,17H,1-3,6-7,11-12H2,(H,19,22). The Morgan fingerprint density at radius 3 is 2.78 bits per heavy atom. The highest BCUT2D eigenvalue weighted by atomic mass is 32.1. The smallest absolute Gasteiger partial charge is 0.170 e. The van der Waals surface area contributed by atoms with E-state index in [1.807, 2.05) is 11.3 Å². The Bertz CT molecular complexity index is 656. The van der Waals surface area contributed by atoms with Crippen LogP contribution in [0.2, 0.25) is 0 Å². The van der Waals surface area contributed by atoms with Gasteiger partial charge in [0.05, 0.1) is 0 Å². The minimum atomic E-state index is 0.252. The third-order valence-corrected chi connectivity index (χ3v) is 6.32. The highest BCUT2D eigenvalue weighted by molar-refractivity contribution is 7.80. The lowest BCUT2D eigenvalue weighted by Gasteiger charge is -2.39. The molecule has 2 aromatic heterocycles. The molecule has 1 saturated carbocycles. The number of hydrogen-bond acceptors (Lipinski definition) is 2. The van der Waals surface area contributed by atoms with E-state index in [-0.39, 0.29) is 6.04 Å². The molecule has 0 bridgehead atoms. The quantitative estimate of drug-likeness (QED) is 0.825. The molecule has 0 aromatic carbocycles. The normalized spacial score (nSPS) is 21.9. The number of nitrogens with zero attached hydrogens (tertiary/aromatic N) is 2. The average molecular weight is 346 g/mol. The fraction of sp³-hybridized carbons (Fsp3) is 0.500. The van der Waals surface area contributed by atoms with Gasteiger partial charge in [-0.15, -0.1) is 11.3 Å². The van der Waals surface area contributed by atoms with Crippen LogP contribution < -0.4 is 5.32 Å². The molecule has 2 aliphatic rings. The summed E-state index contributed by atoms with van der Waals surface area (Å²) in [7, 11) is 0. The fourth-order valence-electron chi connectivity index (χ4n) is 3.85. The predicted octanol–water partition coefficient (Wildman–Crippen LogP) is 4.16. The van der Waals surface area contributed by atoms with Crippen molar-refractivity contribution < 1.29 is 0 Å².